The van der Waals surface area contributed by atoms with Gasteiger partial charge in [0.1, 0.15) is 0 Å². The molecule has 4 nitrogen and oxygen atoms in total. The largest absolute Gasteiger partial charge is 0.313 e. The lowest BCUT2D eigenvalue weighted by Gasteiger charge is -2.30. The van der Waals surface area contributed by atoms with Crippen LogP contribution in [0.3, 0.4) is 0 Å². The van der Waals surface area contributed by atoms with Gasteiger partial charge in [-0.2, -0.15) is 4.31 Å². The third kappa shape index (κ3) is 4.72. The van der Waals surface area contributed by atoms with Crippen LogP contribution in [-0.2, 0) is 10.0 Å². The molecule has 1 saturated heterocycles. The van der Waals surface area contributed by atoms with Gasteiger partial charge in [0, 0.05) is 18.6 Å². The lowest BCUT2D eigenvalue weighted by Crippen LogP contribution is -2.47. The summed E-state index contributed by atoms with van der Waals surface area (Å²) in [7, 11) is -3.06. The summed E-state index contributed by atoms with van der Waals surface area (Å²) in [6, 6.07) is 0.657. The molecule has 1 unspecified atom stereocenters. The lowest BCUT2D eigenvalue weighted by molar-refractivity contribution is 0.307. The van der Waals surface area contributed by atoms with Gasteiger partial charge in [-0.3, -0.25) is 0 Å². The summed E-state index contributed by atoms with van der Waals surface area (Å²) >= 11 is 0. The highest BCUT2D eigenvalue weighted by atomic mass is 32.2. The highest BCUT2D eigenvalue weighted by molar-refractivity contribution is 7.89. The van der Waals surface area contributed by atoms with Crippen LogP contribution in [0.25, 0.3) is 0 Å². The van der Waals surface area contributed by atoms with E-state index in [0.717, 1.165) is 32.2 Å². The molecule has 112 valence electrons. The number of sulfonamides is 1. The van der Waals surface area contributed by atoms with Crippen LogP contribution < -0.4 is 5.32 Å². The van der Waals surface area contributed by atoms with Crippen LogP contribution in [0.4, 0.5) is 0 Å². The van der Waals surface area contributed by atoms with E-state index >= 15 is 0 Å². The molecule has 1 atom stereocenters. The highest BCUT2D eigenvalue weighted by Gasteiger charge is 2.38. The Morgan fingerprint density at radius 1 is 1.21 bits per heavy atom. The van der Waals surface area contributed by atoms with Gasteiger partial charge in [0.2, 0.25) is 10.0 Å². The second kappa shape index (κ2) is 6.55. The minimum atomic E-state index is -3.06. The van der Waals surface area contributed by atoms with Crippen molar-refractivity contribution < 1.29 is 8.42 Å². The van der Waals surface area contributed by atoms with Crippen molar-refractivity contribution in [2.24, 2.45) is 5.92 Å². The molecular formula is C14H28N2O2S. The molecule has 1 aliphatic heterocycles. The standard InChI is InChI=1S/C14H28N2O2S/c1-12(2)8-10-19(17,18)16(14-6-7-14)11-13-5-3-4-9-15-13/h12-15H,3-11H2,1-2H3. The summed E-state index contributed by atoms with van der Waals surface area (Å²) in [6.45, 7) is 5.89. The smallest absolute Gasteiger partial charge is 0.214 e. The monoisotopic (exact) mass is 288 g/mol. The summed E-state index contributed by atoms with van der Waals surface area (Å²) in [4.78, 5) is 0. The molecule has 1 heterocycles. The minimum Gasteiger partial charge on any atom is -0.313 e. The van der Waals surface area contributed by atoms with Crippen molar-refractivity contribution in [1.82, 2.24) is 9.62 Å². The van der Waals surface area contributed by atoms with E-state index in [9.17, 15) is 8.42 Å². The van der Waals surface area contributed by atoms with Gasteiger partial charge in [0.05, 0.1) is 5.75 Å². The predicted octanol–water partition coefficient (Wildman–Crippen LogP) is 1.97. The van der Waals surface area contributed by atoms with E-state index in [0.29, 0.717) is 30.3 Å². The molecule has 0 amide bonds. The zero-order chi connectivity index (χ0) is 13.9. The van der Waals surface area contributed by atoms with E-state index in [-0.39, 0.29) is 0 Å². The molecule has 0 aromatic heterocycles. The summed E-state index contributed by atoms with van der Waals surface area (Å²) in [5.74, 6) is 0.761. The molecule has 0 radical (unpaired) electrons. The fourth-order valence-electron chi connectivity index (χ4n) is 2.65. The van der Waals surface area contributed by atoms with Gasteiger partial charge < -0.3 is 5.32 Å². The number of hydrogen-bond acceptors (Lipinski definition) is 3. The first kappa shape index (κ1) is 15.3. The molecule has 2 rings (SSSR count). The first-order valence-corrected chi connectivity index (χ1v) is 9.33. The molecule has 0 aromatic carbocycles. The molecule has 19 heavy (non-hydrogen) atoms. The van der Waals surface area contributed by atoms with Crippen molar-refractivity contribution in [2.75, 3.05) is 18.8 Å². The van der Waals surface area contributed by atoms with Crippen LogP contribution in [0.1, 0.15) is 52.4 Å². The van der Waals surface area contributed by atoms with Crippen LogP contribution in [0.5, 0.6) is 0 Å². The zero-order valence-corrected chi connectivity index (χ0v) is 13.1. The summed E-state index contributed by atoms with van der Waals surface area (Å²) in [5, 5.41) is 3.46. The molecule has 1 N–H and O–H groups in total. The van der Waals surface area contributed by atoms with Gasteiger partial charge in [-0.1, -0.05) is 20.3 Å². The summed E-state index contributed by atoms with van der Waals surface area (Å²) < 4.78 is 26.8. The van der Waals surface area contributed by atoms with Gasteiger partial charge in [0.25, 0.3) is 0 Å². The third-order valence-electron chi connectivity index (χ3n) is 4.08. The Hall–Kier alpha value is -0.130. The molecule has 0 bridgehead atoms. The maximum absolute atomic E-state index is 12.5. The van der Waals surface area contributed by atoms with E-state index in [1.165, 1.54) is 12.8 Å². The SMILES string of the molecule is CC(C)CCS(=O)(=O)N(CC1CCCCN1)C1CC1. The normalized spacial score (nSPS) is 25.2. The van der Waals surface area contributed by atoms with Crippen molar-refractivity contribution in [1.29, 1.82) is 0 Å². The Balaban J connectivity index is 1.94. The molecule has 1 saturated carbocycles. The Labute approximate surface area is 118 Å². The van der Waals surface area contributed by atoms with E-state index in [4.69, 9.17) is 0 Å². The average Bonchev–Trinajstić information content (AvgIpc) is 3.19. The van der Waals surface area contributed by atoms with Gasteiger partial charge in [-0.25, -0.2) is 8.42 Å². The Morgan fingerprint density at radius 2 is 1.95 bits per heavy atom. The third-order valence-corrected chi connectivity index (χ3v) is 5.99. The summed E-state index contributed by atoms with van der Waals surface area (Å²) in [6.07, 6.45) is 6.43. The van der Waals surface area contributed by atoms with Crippen molar-refractivity contribution in [3.63, 3.8) is 0 Å². The van der Waals surface area contributed by atoms with Crippen LogP contribution in [0, 0.1) is 5.92 Å². The van der Waals surface area contributed by atoms with Crippen LogP contribution >= 0.6 is 0 Å². The molecule has 2 aliphatic rings. The highest BCUT2D eigenvalue weighted by Crippen LogP contribution is 2.30. The average molecular weight is 288 g/mol. The van der Waals surface area contributed by atoms with Gasteiger partial charge in [0.15, 0.2) is 0 Å². The van der Waals surface area contributed by atoms with Gasteiger partial charge >= 0.3 is 0 Å². The number of piperidine rings is 1. The maximum atomic E-state index is 12.5. The summed E-state index contributed by atoms with van der Waals surface area (Å²) in [5.41, 5.74) is 0. The molecule has 1 aliphatic carbocycles. The molecular weight excluding hydrogens is 260 g/mol. The molecule has 2 fully saturated rings. The van der Waals surface area contributed by atoms with Crippen molar-refractivity contribution >= 4 is 10.0 Å². The minimum absolute atomic E-state index is 0.292. The molecule has 5 heteroatoms. The molecule has 0 aromatic rings. The second-order valence-electron chi connectivity index (χ2n) is 6.45. The van der Waals surface area contributed by atoms with Crippen molar-refractivity contribution in [2.45, 2.75) is 64.5 Å². The number of nitrogens with zero attached hydrogens (tertiary/aromatic N) is 1. The first-order valence-electron chi connectivity index (χ1n) is 7.72. The Bertz CT molecular complexity index is 371. The van der Waals surface area contributed by atoms with E-state index in [1.54, 1.807) is 4.31 Å². The fraction of sp³-hybridized carbons (Fsp3) is 1.00. The van der Waals surface area contributed by atoms with E-state index in [2.05, 4.69) is 19.2 Å². The van der Waals surface area contributed by atoms with Crippen LogP contribution in [0.2, 0.25) is 0 Å². The van der Waals surface area contributed by atoms with Gasteiger partial charge in [-0.05, 0) is 44.6 Å². The van der Waals surface area contributed by atoms with Crippen molar-refractivity contribution in [3.8, 4) is 0 Å². The van der Waals surface area contributed by atoms with Crippen LogP contribution in [-0.4, -0.2) is 43.6 Å². The van der Waals surface area contributed by atoms with Crippen molar-refractivity contribution in [3.05, 3.63) is 0 Å². The number of rotatable bonds is 7. The number of hydrogen-bond donors (Lipinski definition) is 1. The maximum Gasteiger partial charge on any atom is 0.214 e. The van der Waals surface area contributed by atoms with Crippen LogP contribution in [0.15, 0.2) is 0 Å². The number of nitrogens with one attached hydrogen (secondary N) is 1. The van der Waals surface area contributed by atoms with E-state index < -0.39 is 10.0 Å². The Morgan fingerprint density at radius 3 is 2.47 bits per heavy atom. The van der Waals surface area contributed by atoms with E-state index in [1.807, 2.05) is 0 Å². The lowest BCUT2D eigenvalue weighted by atomic mass is 10.1. The zero-order valence-electron chi connectivity index (χ0n) is 12.3. The first-order chi connectivity index (χ1) is 8.99. The predicted molar refractivity (Wildman–Crippen MR) is 78.6 cm³/mol. The van der Waals surface area contributed by atoms with Gasteiger partial charge in [-0.15, -0.1) is 0 Å². The second-order valence-corrected chi connectivity index (χ2v) is 8.49. The fourth-order valence-corrected chi connectivity index (χ4v) is 4.73. The molecule has 0 spiro atoms. The Kier molecular flexibility index (Phi) is 5.26. The quantitative estimate of drug-likeness (QED) is 0.779. The topological polar surface area (TPSA) is 49.4 Å².